The highest BCUT2D eigenvalue weighted by Gasteiger charge is 2.53. The summed E-state index contributed by atoms with van der Waals surface area (Å²) in [5.41, 5.74) is -2.51. The number of carboxylic acids is 1. The number of carboxylic acid groups (broad SMARTS) is 1. The first-order valence-electron chi connectivity index (χ1n) is 21.2. The summed E-state index contributed by atoms with van der Waals surface area (Å²) in [5, 5.41) is 70.8. The number of aromatic nitrogens is 2. The van der Waals surface area contributed by atoms with E-state index in [1.807, 2.05) is 4.98 Å². The molecule has 0 radical (unpaired) electrons. The van der Waals surface area contributed by atoms with Crippen LogP contribution in [0.4, 0.5) is 13.2 Å². The fraction of sp³-hybridized carbons (Fsp3) is 0.769. The summed E-state index contributed by atoms with van der Waals surface area (Å²) in [6, 6.07) is -2.35. The van der Waals surface area contributed by atoms with Crippen molar-refractivity contribution in [2.24, 2.45) is 17.8 Å². The number of nitrogens with one attached hydrogen (secondary N) is 5. The van der Waals surface area contributed by atoms with Crippen molar-refractivity contribution in [1.29, 1.82) is 0 Å². The zero-order valence-electron chi connectivity index (χ0n) is 35.3. The van der Waals surface area contributed by atoms with Crippen LogP contribution in [0.15, 0.2) is 15.7 Å². The summed E-state index contributed by atoms with van der Waals surface area (Å²) in [6.45, 7) is -0.886. The number of rotatable bonds is 16. The minimum Gasteiger partial charge on any atom is -0.479 e. The normalized spacial score (nSPS) is 33.9. The number of amides is 3. The van der Waals surface area contributed by atoms with Crippen LogP contribution in [0, 0.1) is 17.8 Å². The average Bonchev–Trinajstić information content (AvgIpc) is 3.25. The van der Waals surface area contributed by atoms with Crippen molar-refractivity contribution in [3.05, 3.63) is 32.6 Å². The highest BCUT2D eigenvalue weighted by molar-refractivity contribution is 5.92. The second kappa shape index (κ2) is 22.3. The van der Waals surface area contributed by atoms with Crippen LogP contribution in [0.3, 0.4) is 0 Å². The summed E-state index contributed by atoms with van der Waals surface area (Å²) in [5.74, 6) is -9.64. The molecule has 5 rings (SSSR count). The Kier molecular flexibility index (Phi) is 17.6. The molecule has 0 bridgehead atoms. The lowest BCUT2D eigenvalue weighted by Gasteiger charge is -2.49. The van der Waals surface area contributed by atoms with E-state index in [-0.39, 0.29) is 31.6 Å². The van der Waals surface area contributed by atoms with E-state index in [4.69, 9.17) is 23.7 Å². The number of aliphatic hydroxyl groups excluding tert-OH is 5. The van der Waals surface area contributed by atoms with Crippen molar-refractivity contribution in [3.63, 3.8) is 0 Å². The fourth-order valence-electron chi connectivity index (χ4n) is 9.03. The molecule has 3 amide bonds. The predicted octanol–water partition coefficient (Wildman–Crippen LogP) is -2.94. The highest BCUT2D eigenvalue weighted by Crippen LogP contribution is 2.40. The van der Waals surface area contributed by atoms with Crippen molar-refractivity contribution in [2.75, 3.05) is 20.3 Å². The van der Waals surface area contributed by atoms with Gasteiger partial charge in [-0.15, -0.1) is 0 Å². The Balaban J connectivity index is 1.57. The molecule has 15 atom stereocenters. The van der Waals surface area contributed by atoms with E-state index in [0.717, 1.165) is 32.4 Å². The van der Waals surface area contributed by atoms with E-state index in [0.29, 0.717) is 12.8 Å². The molecule has 0 spiro atoms. The molecule has 1 aromatic rings. The Hall–Kier alpha value is -4.54. The van der Waals surface area contributed by atoms with E-state index in [1.54, 1.807) is 0 Å². The zero-order valence-corrected chi connectivity index (χ0v) is 35.3. The minimum atomic E-state index is -5.39. The Morgan fingerprint density at radius 1 is 0.923 bits per heavy atom. The van der Waals surface area contributed by atoms with Crippen LogP contribution in [0.25, 0.3) is 0 Å². The van der Waals surface area contributed by atoms with Crippen LogP contribution in [-0.2, 0) is 42.9 Å². The van der Waals surface area contributed by atoms with Crippen LogP contribution in [-0.4, -0.2) is 176 Å². The smallest absolute Gasteiger partial charge is 0.471 e. The quantitative estimate of drug-likeness (QED) is 0.0739. The van der Waals surface area contributed by atoms with Gasteiger partial charge in [-0.05, 0) is 38.5 Å². The van der Waals surface area contributed by atoms with Crippen molar-refractivity contribution in [2.45, 2.75) is 150 Å². The third-order valence-corrected chi connectivity index (χ3v) is 12.4. The number of hydrogen-bond acceptors (Lipinski definition) is 17. The Bertz CT molecular complexity index is 1920. The number of halogens is 3. The third kappa shape index (κ3) is 13.1. The van der Waals surface area contributed by atoms with Gasteiger partial charge >= 0.3 is 29.7 Å². The van der Waals surface area contributed by atoms with E-state index >= 15 is 0 Å². The SMILES string of the molecule is COC(=O)C1CC(O[C@@H]2O[C@@H](CO)C(O)C(O[C@@H](CC3CCCCC3)C(=O)O)C2NC(=O)CNC(=O)C(F)(F)F)C(CC2OC(C)C(O)C(O)C2O)[C@H](NC(=O)c2cc(=O)[nH]c(=O)[nH]2)C1. The molecule has 11 N–H and O–H groups in total. The van der Waals surface area contributed by atoms with Gasteiger partial charge in [0.1, 0.15) is 48.4 Å². The highest BCUT2D eigenvalue weighted by atomic mass is 19.4. The summed E-state index contributed by atoms with van der Waals surface area (Å²) < 4.78 is 68.6. The molecular formula is C39H56F3N5O18. The number of aliphatic carboxylic acids is 1. The maximum absolute atomic E-state index is 13.7. The number of ether oxygens (including phenoxy) is 5. The van der Waals surface area contributed by atoms with Crippen LogP contribution >= 0.6 is 0 Å². The molecule has 0 aromatic carbocycles. The van der Waals surface area contributed by atoms with Crippen LogP contribution in [0.2, 0.25) is 0 Å². The number of hydrogen-bond donors (Lipinski definition) is 11. The number of aromatic amines is 2. The van der Waals surface area contributed by atoms with E-state index in [2.05, 4.69) is 15.6 Å². The van der Waals surface area contributed by atoms with Crippen LogP contribution in [0.1, 0.15) is 75.2 Å². The van der Waals surface area contributed by atoms with Gasteiger partial charge < -0.3 is 75.3 Å². The third-order valence-electron chi connectivity index (χ3n) is 12.4. The van der Waals surface area contributed by atoms with Gasteiger partial charge in [-0.2, -0.15) is 13.2 Å². The first-order valence-corrected chi connectivity index (χ1v) is 21.2. The van der Waals surface area contributed by atoms with Crippen molar-refractivity contribution >= 4 is 29.7 Å². The molecule has 2 aliphatic heterocycles. The lowest BCUT2D eigenvalue weighted by Crippen LogP contribution is -2.68. The van der Waals surface area contributed by atoms with E-state index in [1.165, 1.54) is 12.2 Å². The topological polar surface area (TPSA) is 355 Å². The molecule has 1 aromatic heterocycles. The molecule has 26 heteroatoms. The fourth-order valence-corrected chi connectivity index (χ4v) is 9.03. The van der Waals surface area contributed by atoms with Gasteiger partial charge in [0, 0.05) is 18.0 Å². The maximum atomic E-state index is 13.7. The average molecular weight is 940 g/mol. The standard InChI is InChI=1S/C39H56F3N5O18/c1-15-28(51)31(54)29(52)22(62-15)11-18-19(44-33(55)20-12-25(49)47-38(60)45-20)9-17(35(58)61-2)10-21(18)64-36-27(46-26(50)13-43-37(59)39(40,41)42)32(30(53)24(14-48)65-36)63-23(34(56)57)8-16-6-4-3-5-7-16/h12,15-19,21-24,27-32,36,48,51-54H,3-11,13-14H2,1-2H3,(H,43,59)(H,44,55)(H,46,50)(H,56,57)(H2,45,47,49,60)/t15?,17?,18?,19-,21?,22?,23+,24+,27?,28?,29?,30?,31?,32?,36-/m1/s1. The predicted molar refractivity (Wildman–Crippen MR) is 209 cm³/mol. The number of esters is 1. The monoisotopic (exact) mass is 939 g/mol. The summed E-state index contributed by atoms with van der Waals surface area (Å²) >= 11 is 0. The largest absolute Gasteiger partial charge is 0.479 e. The van der Waals surface area contributed by atoms with Crippen LogP contribution in [0.5, 0.6) is 0 Å². The van der Waals surface area contributed by atoms with Gasteiger partial charge in [-0.1, -0.05) is 32.1 Å². The Labute approximate surface area is 367 Å². The minimum absolute atomic E-state index is 0.0643. The van der Waals surface area contributed by atoms with Gasteiger partial charge in [0.25, 0.3) is 11.5 Å². The molecule has 23 nitrogen and oxygen atoms in total. The Morgan fingerprint density at radius 2 is 1.62 bits per heavy atom. The molecule has 2 saturated carbocycles. The molecule has 366 valence electrons. The van der Waals surface area contributed by atoms with Crippen molar-refractivity contribution < 1.29 is 91.5 Å². The first kappa shape index (κ1) is 51.4. The molecule has 4 fully saturated rings. The number of aliphatic hydroxyl groups is 5. The van der Waals surface area contributed by atoms with Gasteiger partial charge in [0.05, 0.1) is 44.5 Å². The summed E-state index contributed by atoms with van der Waals surface area (Å²) in [4.78, 5) is 92.9. The number of carbonyl (C=O) groups is 5. The molecule has 65 heavy (non-hydrogen) atoms. The number of H-pyrrole nitrogens is 2. The molecule has 2 aliphatic carbocycles. The second-order valence-electron chi connectivity index (χ2n) is 16.9. The van der Waals surface area contributed by atoms with E-state index in [9.17, 15) is 77.4 Å². The number of methoxy groups -OCH3 is 1. The Morgan fingerprint density at radius 3 is 2.23 bits per heavy atom. The lowest BCUT2D eigenvalue weighted by molar-refractivity contribution is -0.301. The van der Waals surface area contributed by atoms with Crippen molar-refractivity contribution in [3.8, 4) is 0 Å². The molecule has 4 aliphatic rings. The number of carbonyl (C=O) groups excluding carboxylic acids is 4. The zero-order chi connectivity index (χ0) is 47.9. The van der Waals surface area contributed by atoms with Gasteiger partial charge in [-0.3, -0.25) is 29.0 Å². The number of alkyl halides is 3. The first-order chi connectivity index (χ1) is 30.6. The van der Waals surface area contributed by atoms with Gasteiger partial charge in [0.15, 0.2) is 12.4 Å². The molecular weight excluding hydrogens is 883 g/mol. The summed E-state index contributed by atoms with van der Waals surface area (Å²) in [7, 11) is 1.06. The molecule has 3 heterocycles. The van der Waals surface area contributed by atoms with Gasteiger partial charge in [0.2, 0.25) is 5.91 Å². The molecule has 2 saturated heterocycles. The second-order valence-corrected chi connectivity index (χ2v) is 16.9. The molecule has 11 unspecified atom stereocenters. The van der Waals surface area contributed by atoms with Crippen LogP contribution < -0.4 is 27.2 Å². The maximum Gasteiger partial charge on any atom is 0.471 e. The van der Waals surface area contributed by atoms with Crippen molar-refractivity contribution in [1.82, 2.24) is 25.9 Å². The summed E-state index contributed by atoms with van der Waals surface area (Å²) in [6.07, 6.45) is -20.5. The van der Waals surface area contributed by atoms with E-state index < -0.39 is 157 Å². The van der Waals surface area contributed by atoms with Gasteiger partial charge in [-0.25, -0.2) is 9.59 Å². The lowest BCUT2D eigenvalue weighted by atomic mass is 9.72.